The molecule has 0 fully saturated rings. The number of aromatic amines is 1. The number of likely N-dealkylation sites (N-methyl/N-ethyl adjacent to an activating group) is 1. The van der Waals surface area contributed by atoms with E-state index in [4.69, 9.17) is 11.6 Å². The number of carbonyl (C=O) groups is 1. The molecule has 3 rings (SSSR count). The lowest BCUT2D eigenvalue weighted by atomic mass is 10.0. The van der Waals surface area contributed by atoms with Gasteiger partial charge in [-0.25, -0.2) is 4.39 Å². The third kappa shape index (κ3) is 4.37. The van der Waals surface area contributed by atoms with E-state index in [1.807, 2.05) is 19.2 Å². The van der Waals surface area contributed by atoms with Gasteiger partial charge in [0.15, 0.2) is 0 Å². The van der Waals surface area contributed by atoms with Crippen molar-refractivity contribution in [1.29, 1.82) is 0 Å². The molecule has 2 N–H and O–H groups in total. The maximum Gasteiger partial charge on any atom is 0.253 e. The Morgan fingerprint density at radius 1 is 1.21 bits per heavy atom. The lowest BCUT2D eigenvalue weighted by Crippen LogP contribution is -2.42. The monoisotopic (exact) mass is 401 g/mol. The standard InChI is InChI=1S/C22H25ClFN3O/c1-4-27(5-2)13-14(3)26-22(28)18-8-6-15(10-20(18)23)19-12-25-21-11-16(24)7-9-17(19)21/h6-12,14,25H,4-5,13H2,1-3H3,(H,26,28). The van der Waals surface area contributed by atoms with Crippen molar-refractivity contribution >= 4 is 28.4 Å². The number of H-pyrrole nitrogens is 1. The van der Waals surface area contributed by atoms with Gasteiger partial charge in [0.1, 0.15) is 5.82 Å². The highest BCUT2D eigenvalue weighted by Gasteiger charge is 2.16. The number of nitrogens with zero attached hydrogens (tertiary/aromatic N) is 1. The Kier molecular flexibility index (Phi) is 6.37. The van der Waals surface area contributed by atoms with Gasteiger partial charge in [-0.15, -0.1) is 0 Å². The molecule has 0 saturated heterocycles. The van der Waals surface area contributed by atoms with Gasteiger partial charge < -0.3 is 15.2 Å². The molecule has 1 amide bonds. The summed E-state index contributed by atoms with van der Waals surface area (Å²) in [5.74, 6) is -0.470. The van der Waals surface area contributed by atoms with Crippen molar-refractivity contribution in [2.75, 3.05) is 19.6 Å². The van der Waals surface area contributed by atoms with E-state index < -0.39 is 0 Å². The maximum atomic E-state index is 13.4. The van der Waals surface area contributed by atoms with Crippen LogP contribution in [0.1, 0.15) is 31.1 Å². The summed E-state index contributed by atoms with van der Waals surface area (Å²) in [5, 5.41) is 4.31. The number of halogens is 2. The van der Waals surface area contributed by atoms with Crippen LogP contribution in [0, 0.1) is 5.82 Å². The zero-order valence-corrected chi connectivity index (χ0v) is 17.1. The molecule has 6 heteroatoms. The number of carbonyl (C=O) groups excluding carboxylic acids is 1. The molecular weight excluding hydrogens is 377 g/mol. The highest BCUT2D eigenvalue weighted by atomic mass is 35.5. The van der Waals surface area contributed by atoms with Crippen molar-refractivity contribution in [3.8, 4) is 11.1 Å². The molecule has 0 aliphatic carbocycles. The van der Waals surface area contributed by atoms with E-state index in [0.29, 0.717) is 10.6 Å². The molecule has 1 unspecified atom stereocenters. The predicted octanol–water partition coefficient (Wildman–Crippen LogP) is 5.09. The van der Waals surface area contributed by atoms with Crippen molar-refractivity contribution in [1.82, 2.24) is 15.2 Å². The molecule has 4 nitrogen and oxygen atoms in total. The lowest BCUT2D eigenvalue weighted by molar-refractivity contribution is 0.0930. The average Bonchev–Trinajstić information content (AvgIpc) is 3.08. The van der Waals surface area contributed by atoms with Gasteiger partial charge >= 0.3 is 0 Å². The first kappa shape index (κ1) is 20.4. The zero-order chi connectivity index (χ0) is 20.3. The van der Waals surface area contributed by atoms with Crippen LogP contribution in [0.5, 0.6) is 0 Å². The molecule has 148 valence electrons. The van der Waals surface area contributed by atoms with E-state index in [1.165, 1.54) is 12.1 Å². The second kappa shape index (κ2) is 8.76. The SMILES string of the molecule is CCN(CC)CC(C)NC(=O)c1ccc(-c2c[nH]c3cc(F)ccc23)cc1Cl. The summed E-state index contributed by atoms with van der Waals surface area (Å²) in [4.78, 5) is 18.0. The van der Waals surface area contributed by atoms with E-state index in [0.717, 1.165) is 41.7 Å². The molecule has 0 spiro atoms. The summed E-state index contributed by atoms with van der Waals surface area (Å²) in [6.07, 6.45) is 1.82. The van der Waals surface area contributed by atoms with E-state index in [-0.39, 0.29) is 17.8 Å². The zero-order valence-electron chi connectivity index (χ0n) is 16.4. The van der Waals surface area contributed by atoms with Crippen LogP contribution in [0.15, 0.2) is 42.6 Å². The molecule has 28 heavy (non-hydrogen) atoms. The number of nitrogens with one attached hydrogen (secondary N) is 2. The largest absolute Gasteiger partial charge is 0.360 e. The molecule has 1 heterocycles. The second-order valence-corrected chi connectivity index (χ2v) is 7.35. The Labute approximate surface area is 169 Å². The Morgan fingerprint density at radius 3 is 2.64 bits per heavy atom. The van der Waals surface area contributed by atoms with Gasteiger partial charge in [-0.3, -0.25) is 4.79 Å². The van der Waals surface area contributed by atoms with Crippen molar-refractivity contribution in [3.05, 3.63) is 59.0 Å². The third-order valence-corrected chi connectivity index (χ3v) is 5.29. The van der Waals surface area contributed by atoms with E-state index >= 15 is 0 Å². The first-order valence-corrected chi connectivity index (χ1v) is 9.90. The molecule has 3 aromatic rings. The van der Waals surface area contributed by atoms with Crippen LogP contribution in [0.2, 0.25) is 5.02 Å². The topological polar surface area (TPSA) is 48.1 Å². The minimum absolute atomic E-state index is 0.0201. The first-order chi connectivity index (χ1) is 13.4. The molecule has 1 aromatic heterocycles. The fourth-order valence-electron chi connectivity index (χ4n) is 3.42. The van der Waals surface area contributed by atoms with Crippen molar-refractivity contribution in [2.45, 2.75) is 26.8 Å². The molecule has 1 atom stereocenters. The van der Waals surface area contributed by atoms with Crippen LogP contribution in [-0.2, 0) is 0 Å². The van der Waals surface area contributed by atoms with Gasteiger partial charge in [0.05, 0.1) is 10.6 Å². The minimum atomic E-state index is -0.287. The normalized spacial score (nSPS) is 12.5. The van der Waals surface area contributed by atoms with E-state index in [1.54, 1.807) is 18.2 Å². The summed E-state index contributed by atoms with van der Waals surface area (Å²) in [6, 6.07) is 10.0. The lowest BCUT2D eigenvalue weighted by Gasteiger charge is -2.23. The van der Waals surface area contributed by atoms with Crippen LogP contribution in [0.4, 0.5) is 4.39 Å². The Bertz CT molecular complexity index is 981. The van der Waals surface area contributed by atoms with Crippen LogP contribution < -0.4 is 5.32 Å². The summed E-state index contributed by atoms with van der Waals surface area (Å²) < 4.78 is 13.4. The third-order valence-electron chi connectivity index (χ3n) is 4.97. The highest BCUT2D eigenvalue weighted by molar-refractivity contribution is 6.34. The quantitative estimate of drug-likeness (QED) is 0.579. The molecule has 2 aromatic carbocycles. The Hall–Kier alpha value is -2.37. The molecule has 0 aliphatic rings. The predicted molar refractivity (Wildman–Crippen MR) is 113 cm³/mol. The highest BCUT2D eigenvalue weighted by Crippen LogP contribution is 2.31. The van der Waals surface area contributed by atoms with Crippen LogP contribution in [0.25, 0.3) is 22.0 Å². The number of benzene rings is 2. The second-order valence-electron chi connectivity index (χ2n) is 6.95. The molecular formula is C22H25ClFN3O. The van der Waals surface area contributed by atoms with Crippen LogP contribution in [-0.4, -0.2) is 41.5 Å². The number of fused-ring (bicyclic) bond motifs is 1. The van der Waals surface area contributed by atoms with Crippen molar-refractivity contribution in [3.63, 3.8) is 0 Å². The van der Waals surface area contributed by atoms with Gasteiger partial charge in [-0.2, -0.15) is 0 Å². The number of rotatable bonds is 7. The Balaban J connectivity index is 1.79. The fraction of sp³-hybridized carbons (Fsp3) is 0.318. The smallest absolute Gasteiger partial charge is 0.253 e. The number of aromatic nitrogens is 1. The minimum Gasteiger partial charge on any atom is -0.360 e. The van der Waals surface area contributed by atoms with Crippen LogP contribution >= 0.6 is 11.6 Å². The molecule has 0 bridgehead atoms. The summed E-state index contributed by atoms with van der Waals surface area (Å²) in [5.41, 5.74) is 2.95. The number of hydrogen-bond acceptors (Lipinski definition) is 2. The van der Waals surface area contributed by atoms with Gasteiger partial charge in [0.2, 0.25) is 0 Å². The first-order valence-electron chi connectivity index (χ1n) is 9.52. The number of amides is 1. The fourth-order valence-corrected chi connectivity index (χ4v) is 3.69. The maximum absolute atomic E-state index is 13.4. The van der Waals surface area contributed by atoms with Gasteiger partial charge in [-0.05, 0) is 55.9 Å². The molecule has 0 radical (unpaired) electrons. The van der Waals surface area contributed by atoms with Crippen LogP contribution in [0.3, 0.4) is 0 Å². The van der Waals surface area contributed by atoms with E-state index in [2.05, 4.69) is 29.0 Å². The Morgan fingerprint density at radius 2 is 1.96 bits per heavy atom. The molecule has 0 aliphatic heterocycles. The summed E-state index contributed by atoms with van der Waals surface area (Å²) >= 11 is 6.42. The molecule has 0 saturated carbocycles. The van der Waals surface area contributed by atoms with E-state index in [9.17, 15) is 9.18 Å². The number of hydrogen-bond donors (Lipinski definition) is 2. The van der Waals surface area contributed by atoms with Crippen molar-refractivity contribution < 1.29 is 9.18 Å². The summed E-state index contributed by atoms with van der Waals surface area (Å²) in [6.45, 7) is 8.88. The van der Waals surface area contributed by atoms with Gasteiger partial charge in [0, 0.05) is 35.2 Å². The summed E-state index contributed by atoms with van der Waals surface area (Å²) in [7, 11) is 0. The van der Waals surface area contributed by atoms with Gasteiger partial charge in [0.25, 0.3) is 5.91 Å². The van der Waals surface area contributed by atoms with Crippen molar-refractivity contribution in [2.24, 2.45) is 0 Å². The average molecular weight is 402 g/mol. The van der Waals surface area contributed by atoms with Gasteiger partial charge in [-0.1, -0.05) is 31.5 Å².